The summed E-state index contributed by atoms with van der Waals surface area (Å²) in [6, 6.07) is 19.5. The Hall–Kier alpha value is -2.40. The largest absolute Gasteiger partial charge is 0.494 e. The maximum Gasteiger partial charge on any atom is 0.213 e. The fourth-order valence-electron chi connectivity index (χ4n) is 4.95. The van der Waals surface area contributed by atoms with Gasteiger partial charge in [0, 0.05) is 27.6 Å². The fourth-order valence-corrected chi connectivity index (χ4v) is 5.63. The molecule has 7 heteroatoms. The van der Waals surface area contributed by atoms with E-state index in [-0.39, 0.29) is 6.04 Å². The number of hydrogen-bond acceptors (Lipinski definition) is 4. The van der Waals surface area contributed by atoms with Crippen LogP contribution in [0.15, 0.2) is 65.8 Å². The predicted molar refractivity (Wildman–Crippen MR) is 152 cm³/mol. The molecule has 3 aromatic carbocycles. The van der Waals surface area contributed by atoms with Crippen molar-refractivity contribution < 1.29 is 9.47 Å². The van der Waals surface area contributed by atoms with Crippen molar-refractivity contribution in [1.29, 1.82) is 0 Å². The van der Waals surface area contributed by atoms with Gasteiger partial charge in [0.2, 0.25) is 6.23 Å². The van der Waals surface area contributed by atoms with Crippen molar-refractivity contribution in [2.24, 2.45) is 5.10 Å². The van der Waals surface area contributed by atoms with E-state index in [1.54, 1.807) is 6.07 Å². The second-order valence-electron chi connectivity index (χ2n) is 9.61. The van der Waals surface area contributed by atoms with E-state index in [0.29, 0.717) is 27.2 Å². The summed E-state index contributed by atoms with van der Waals surface area (Å²) >= 11 is 19.1. The lowest BCUT2D eigenvalue weighted by Crippen LogP contribution is -2.33. The van der Waals surface area contributed by atoms with Crippen molar-refractivity contribution in [2.75, 3.05) is 6.61 Å². The molecule has 0 aliphatic carbocycles. The minimum atomic E-state index is -0.423. The first-order chi connectivity index (χ1) is 18.0. The topological polar surface area (TPSA) is 34.1 Å². The van der Waals surface area contributed by atoms with Gasteiger partial charge in [-0.05, 0) is 60.5 Å². The summed E-state index contributed by atoms with van der Waals surface area (Å²) in [5.74, 6) is 1.52. The van der Waals surface area contributed by atoms with Crippen LogP contribution in [0.4, 0.5) is 0 Å². The van der Waals surface area contributed by atoms with Gasteiger partial charge in [0.25, 0.3) is 0 Å². The lowest BCUT2D eigenvalue weighted by molar-refractivity contribution is -0.0189. The van der Waals surface area contributed by atoms with Crippen LogP contribution in [0.2, 0.25) is 15.1 Å². The molecular formula is C30H31Cl3N2O2. The van der Waals surface area contributed by atoms with Gasteiger partial charge in [-0.3, -0.25) is 0 Å². The fraction of sp³-hybridized carbons (Fsp3) is 0.367. The Bertz CT molecular complexity index is 1240. The summed E-state index contributed by atoms with van der Waals surface area (Å²) in [6.45, 7) is 2.97. The summed E-state index contributed by atoms with van der Waals surface area (Å²) in [5.41, 5.74) is 3.93. The minimum absolute atomic E-state index is 0.0423. The number of hydrogen-bond donors (Lipinski definition) is 0. The third kappa shape index (κ3) is 6.03. The van der Waals surface area contributed by atoms with E-state index in [2.05, 4.69) is 6.92 Å². The first kappa shape index (κ1) is 26.2. The first-order valence-corrected chi connectivity index (χ1v) is 14.2. The Labute approximate surface area is 234 Å². The number of hydrazone groups is 1. The molecule has 5 rings (SSSR count). The number of rotatable bonds is 10. The van der Waals surface area contributed by atoms with E-state index in [1.165, 1.54) is 32.1 Å². The quantitative estimate of drug-likeness (QED) is 0.233. The summed E-state index contributed by atoms with van der Waals surface area (Å²) < 4.78 is 12.5. The molecule has 0 saturated heterocycles. The molecule has 2 atom stereocenters. The molecule has 0 radical (unpaired) electrons. The van der Waals surface area contributed by atoms with E-state index < -0.39 is 6.23 Å². The molecule has 0 fully saturated rings. The molecule has 0 amide bonds. The number of fused-ring (bicyclic) bond motifs is 3. The summed E-state index contributed by atoms with van der Waals surface area (Å²) in [4.78, 5) is 0. The van der Waals surface area contributed by atoms with E-state index in [9.17, 15) is 0 Å². The van der Waals surface area contributed by atoms with Crippen molar-refractivity contribution in [3.8, 4) is 11.5 Å². The van der Waals surface area contributed by atoms with Crippen molar-refractivity contribution >= 4 is 40.5 Å². The highest BCUT2D eigenvalue weighted by Gasteiger charge is 2.42. The van der Waals surface area contributed by atoms with E-state index in [1.807, 2.05) is 59.6 Å². The standard InChI is InChI=1S/C30H31Cl3N2O2/c1-2-3-4-5-6-7-16-36-24-14-10-21(11-15-24)30-35-28(25-17-23(32)18-26(33)29(25)37-30)19-27(34-35)20-8-12-22(31)13-9-20/h8-15,17-18,28,30H,2-7,16,19H2,1H3. The van der Waals surface area contributed by atoms with Crippen LogP contribution >= 0.6 is 34.8 Å². The predicted octanol–water partition coefficient (Wildman–Crippen LogP) is 9.63. The maximum absolute atomic E-state index is 6.60. The molecule has 2 unspecified atom stereocenters. The van der Waals surface area contributed by atoms with Crippen LogP contribution in [0.25, 0.3) is 0 Å². The van der Waals surface area contributed by atoms with Gasteiger partial charge in [-0.2, -0.15) is 5.10 Å². The Morgan fingerprint density at radius 2 is 1.62 bits per heavy atom. The molecule has 194 valence electrons. The monoisotopic (exact) mass is 556 g/mol. The molecule has 0 saturated carbocycles. The van der Waals surface area contributed by atoms with Gasteiger partial charge in [-0.25, -0.2) is 5.01 Å². The highest BCUT2D eigenvalue weighted by atomic mass is 35.5. The van der Waals surface area contributed by atoms with Crippen LogP contribution in [0, 0.1) is 0 Å². The summed E-state index contributed by atoms with van der Waals surface area (Å²) in [7, 11) is 0. The Balaban J connectivity index is 1.35. The molecule has 4 nitrogen and oxygen atoms in total. The van der Waals surface area contributed by atoms with Crippen molar-refractivity contribution in [3.05, 3.63) is 92.4 Å². The number of benzene rings is 3. The van der Waals surface area contributed by atoms with Gasteiger partial charge in [-0.1, -0.05) is 86.0 Å². The van der Waals surface area contributed by atoms with Gasteiger partial charge >= 0.3 is 0 Å². The second-order valence-corrected chi connectivity index (χ2v) is 10.9. The molecule has 37 heavy (non-hydrogen) atoms. The Morgan fingerprint density at radius 1 is 0.892 bits per heavy atom. The smallest absolute Gasteiger partial charge is 0.213 e. The van der Waals surface area contributed by atoms with E-state index in [0.717, 1.165) is 41.2 Å². The normalized spacial score (nSPS) is 18.2. The number of nitrogens with zero attached hydrogens (tertiary/aromatic N) is 2. The van der Waals surface area contributed by atoms with Gasteiger partial charge in [-0.15, -0.1) is 0 Å². The van der Waals surface area contributed by atoms with Gasteiger partial charge in [0.1, 0.15) is 11.5 Å². The molecule has 0 bridgehead atoms. The third-order valence-corrected chi connectivity index (χ3v) is 7.67. The van der Waals surface area contributed by atoms with Gasteiger partial charge < -0.3 is 9.47 Å². The van der Waals surface area contributed by atoms with Crippen molar-refractivity contribution in [3.63, 3.8) is 0 Å². The highest BCUT2D eigenvalue weighted by molar-refractivity contribution is 6.35. The van der Waals surface area contributed by atoms with Crippen molar-refractivity contribution in [2.45, 2.75) is 64.1 Å². The molecule has 3 aromatic rings. The van der Waals surface area contributed by atoms with Crippen LogP contribution in [-0.2, 0) is 0 Å². The number of unbranched alkanes of at least 4 members (excludes halogenated alkanes) is 5. The minimum Gasteiger partial charge on any atom is -0.494 e. The molecule has 2 aliphatic rings. The lowest BCUT2D eigenvalue weighted by Gasteiger charge is -2.38. The molecule has 0 aromatic heterocycles. The van der Waals surface area contributed by atoms with Gasteiger partial charge in [0.05, 0.1) is 23.4 Å². The van der Waals surface area contributed by atoms with Crippen LogP contribution in [0.5, 0.6) is 11.5 Å². The molecule has 0 spiro atoms. The van der Waals surface area contributed by atoms with Gasteiger partial charge in [0.15, 0.2) is 0 Å². The third-order valence-electron chi connectivity index (χ3n) is 6.92. The lowest BCUT2D eigenvalue weighted by atomic mass is 9.96. The van der Waals surface area contributed by atoms with Crippen LogP contribution in [0.1, 0.15) is 80.8 Å². The van der Waals surface area contributed by atoms with E-state index >= 15 is 0 Å². The summed E-state index contributed by atoms with van der Waals surface area (Å²) in [6.07, 6.45) is 7.75. The zero-order chi connectivity index (χ0) is 25.8. The molecule has 2 aliphatic heterocycles. The van der Waals surface area contributed by atoms with Crippen molar-refractivity contribution in [1.82, 2.24) is 5.01 Å². The maximum atomic E-state index is 6.60. The average Bonchev–Trinajstić information content (AvgIpc) is 3.35. The first-order valence-electron chi connectivity index (χ1n) is 13.0. The van der Waals surface area contributed by atoms with E-state index in [4.69, 9.17) is 49.4 Å². The average molecular weight is 558 g/mol. The highest BCUT2D eigenvalue weighted by Crippen LogP contribution is 2.50. The Morgan fingerprint density at radius 3 is 2.38 bits per heavy atom. The van der Waals surface area contributed by atoms with Crippen LogP contribution < -0.4 is 9.47 Å². The van der Waals surface area contributed by atoms with Crippen LogP contribution in [-0.4, -0.2) is 17.3 Å². The molecular weight excluding hydrogens is 527 g/mol. The SMILES string of the molecule is CCCCCCCCOc1ccc(C2Oc3c(Cl)cc(Cl)cc3C3CC(c4ccc(Cl)cc4)=NN32)cc1. The number of ether oxygens (including phenoxy) is 2. The second kappa shape index (κ2) is 12.0. The van der Waals surface area contributed by atoms with Crippen LogP contribution in [0.3, 0.4) is 0 Å². The Kier molecular flexibility index (Phi) is 8.49. The summed E-state index contributed by atoms with van der Waals surface area (Å²) in [5, 5.41) is 8.81. The zero-order valence-corrected chi connectivity index (χ0v) is 23.2. The number of halogens is 3. The zero-order valence-electron chi connectivity index (χ0n) is 20.9. The molecule has 0 N–H and O–H groups in total. The molecule has 2 heterocycles.